The van der Waals surface area contributed by atoms with Crippen LogP contribution in [0.2, 0.25) is 5.02 Å². The highest BCUT2D eigenvalue weighted by molar-refractivity contribution is 6.47. The van der Waals surface area contributed by atoms with Crippen molar-refractivity contribution in [1.82, 2.24) is 4.90 Å². The van der Waals surface area contributed by atoms with Crippen LogP contribution in [0.3, 0.4) is 0 Å². The number of anilines is 1. The number of halogens is 2. The monoisotopic (exact) mass is 384 g/mol. The van der Waals surface area contributed by atoms with Gasteiger partial charge in [0.15, 0.2) is 0 Å². The first-order chi connectivity index (χ1) is 13.1. The van der Waals surface area contributed by atoms with Crippen molar-refractivity contribution in [2.75, 3.05) is 18.0 Å². The van der Waals surface area contributed by atoms with Crippen molar-refractivity contribution in [3.8, 4) is 0 Å². The van der Waals surface area contributed by atoms with Crippen molar-refractivity contribution in [3.63, 3.8) is 0 Å². The van der Waals surface area contributed by atoms with E-state index in [9.17, 15) is 14.0 Å². The van der Waals surface area contributed by atoms with Gasteiger partial charge in [-0.1, -0.05) is 35.9 Å². The standard InChI is InChI=1S/C21H18ClFN2O2/c22-16-6-2-3-7-17(16)25-20(26)18(14-8-10-15(23)11-9-14)19(21(25)27)24-12-4-1-5-13-24/h2-3,6-11H,1,4-5,12-13H2. The van der Waals surface area contributed by atoms with Crippen LogP contribution in [0.15, 0.2) is 54.2 Å². The van der Waals surface area contributed by atoms with Crippen LogP contribution in [-0.2, 0) is 9.59 Å². The number of nitrogens with zero attached hydrogens (tertiary/aromatic N) is 2. The maximum absolute atomic E-state index is 13.4. The zero-order valence-corrected chi connectivity index (χ0v) is 15.4. The number of para-hydroxylation sites is 1. The fourth-order valence-electron chi connectivity index (χ4n) is 3.66. The molecular weight excluding hydrogens is 367 g/mol. The number of benzene rings is 2. The summed E-state index contributed by atoms with van der Waals surface area (Å²) >= 11 is 6.26. The lowest BCUT2D eigenvalue weighted by Gasteiger charge is -2.29. The van der Waals surface area contributed by atoms with Gasteiger partial charge < -0.3 is 4.90 Å². The molecule has 4 rings (SSSR count). The van der Waals surface area contributed by atoms with Gasteiger partial charge in [0.1, 0.15) is 11.5 Å². The highest BCUT2D eigenvalue weighted by Gasteiger charge is 2.43. The molecule has 6 heteroatoms. The van der Waals surface area contributed by atoms with E-state index in [-0.39, 0.29) is 5.91 Å². The summed E-state index contributed by atoms with van der Waals surface area (Å²) in [4.78, 5) is 29.7. The molecule has 2 aliphatic rings. The van der Waals surface area contributed by atoms with Crippen LogP contribution in [0.4, 0.5) is 10.1 Å². The first-order valence-electron chi connectivity index (χ1n) is 8.96. The van der Waals surface area contributed by atoms with Crippen LogP contribution >= 0.6 is 11.6 Å². The molecule has 0 N–H and O–H groups in total. The van der Waals surface area contributed by atoms with Crippen molar-refractivity contribution in [2.45, 2.75) is 19.3 Å². The van der Waals surface area contributed by atoms with E-state index in [1.807, 2.05) is 4.90 Å². The van der Waals surface area contributed by atoms with Crippen molar-refractivity contribution in [1.29, 1.82) is 0 Å². The van der Waals surface area contributed by atoms with Crippen LogP contribution in [0.25, 0.3) is 5.57 Å². The number of imide groups is 1. The molecule has 2 heterocycles. The number of carbonyl (C=O) groups excluding carboxylic acids is 2. The normalized spacial score (nSPS) is 17.9. The number of rotatable bonds is 3. The fourth-order valence-corrected chi connectivity index (χ4v) is 3.88. The van der Waals surface area contributed by atoms with Gasteiger partial charge in [-0.15, -0.1) is 0 Å². The van der Waals surface area contributed by atoms with Crippen LogP contribution in [0.1, 0.15) is 24.8 Å². The zero-order chi connectivity index (χ0) is 19.0. The van der Waals surface area contributed by atoms with Crippen molar-refractivity contribution in [3.05, 3.63) is 70.6 Å². The fraction of sp³-hybridized carbons (Fsp3) is 0.238. The molecule has 2 amide bonds. The molecule has 0 spiro atoms. The summed E-state index contributed by atoms with van der Waals surface area (Å²) in [6.45, 7) is 1.44. The third-order valence-electron chi connectivity index (χ3n) is 4.96. The van der Waals surface area contributed by atoms with Gasteiger partial charge in [0.25, 0.3) is 11.8 Å². The molecular formula is C21H18ClFN2O2. The Labute approximate surface area is 161 Å². The summed E-state index contributed by atoms with van der Waals surface area (Å²) in [6, 6.07) is 12.5. The minimum absolute atomic E-state index is 0.307. The van der Waals surface area contributed by atoms with Gasteiger partial charge in [-0.2, -0.15) is 0 Å². The lowest BCUT2D eigenvalue weighted by molar-refractivity contribution is -0.120. The summed E-state index contributed by atoms with van der Waals surface area (Å²) in [7, 11) is 0. The zero-order valence-electron chi connectivity index (χ0n) is 14.6. The minimum atomic E-state index is -0.430. The molecule has 2 aliphatic heterocycles. The third kappa shape index (κ3) is 3.12. The second-order valence-electron chi connectivity index (χ2n) is 6.68. The van der Waals surface area contributed by atoms with E-state index in [1.165, 1.54) is 24.3 Å². The average molecular weight is 385 g/mol. The second-order valence-corrected chi connectivity index (χ2v) is 7.08. The molecule has 27 heavy (non-hydrogen) atoms. The molecule has 0 aromatic heterocycles. The Morgan fingerprint density at radius 1 is 0.852 bits per heavy atom. The smallest absolute Gasteiger partial charge is 0.282 e. The van der Waals surface area contributed by atoms with Gasteiger partial charge in [-0.25, -0.2) is 9.29 Å². The summed E-state index contributed by atoms with van der Waals surface area (Å²) in [6.07, 6.45) is 3.04. The quantitative estimate of drug-likeness (QED) is 0.743. The Morgan fingerprint density at radius 3 is 2.19 bits per heavy atom. The Balaban J connectivity index is 1.84. The lowest BCUT2D eigenvalue weighted by Crippen LogP contribution is -2.37. The van der Waals surface area contributed by atoms with Gasteiger partial charge in [-0.3, -0.25) is 9.59 Å². The predicted octanol–water partition coefficient (Wildman–Crippen LogP) is 4.25. The van der Waals surface area contributed by atoms with E-state index in [4.69, 9.17) is 11.6 Å². The molecule has 0 unspecified atom stereocenters. The molecule has 2 aromatic rings. The maximum Gasteiger partial charge on any atom is 0.282 e. The molecule has 0 saturated carbocycles. The molecule has 0 aliphatic carbocycles. The highest BCUT2D eigenvalue weighted by Crippen LogP contribution is 2.38. The predicted molar refractivity (Wildman–Crippen MR) is 103 cm³/mol. The first kappa shape index (κ1) is 17.7. The van der Waals surface area contributed by atoms with Crippen LogP contribution in [-0.4, -0.2) is 29.8 Å². The molecule has 138 valence electrons. The lowest BCUT2D eigenvalue weighted by atomic mass is 10.0. The van der Waals surface area contributed by atoms with E-state index in [2.05, 4.69) is 0 Å². The summed E-state index contributed by atoms with van der Waals surface area (Å²) in [5.41, 5.74) is 1.58. The molecule has 0 bridgehead atoms. The maximum atomic E-state index is 13.4. The number of amides is 2. The molecule has 4 nitrogen and oxygen atoms in total. The summed E-state index contributed by atoms with van der Waals surface area (Å²) < 4.78 is 13.4. The molecule has 1 fully saturated rings. The van der Waals surface area contributed by atoms with Crippen LogP contribution in [0, 0.1) is 5.82 Å². The SMILES string of the molecule is O=C1C(c2ccc(F)cc2)=C(N2CCCCC2)C(=O)N1c1ccccc1Cl. The van der Waals surface area contributed by atoms with E-state index < -0.39 is 11.7 Å². The van der Waals surface area contributed by atoms with E-state index >= 15 is 0 Å². The van der Waals surface area contributed by atoms with Crippen molar-refractivity contribution < 1.29 is 14.0 Å². The highest BCUT2D eigenvalue weighted by atomic mass is 35.5. The number of piperidine rings is 1. The van der Waals surface area contributed by atoms with E-state index in [0.717, 1.165) is 37.3 Å². The topological polar surface area (TPSA) is 40.6 Å². The number of hydrogen-bond acceptors (Lipinski definition) is 3. The molecule has 0 radical (unpaired) electrons. The third-order valence-corrected chi connectivity index (χ3v) is 5.28. The van der Waals surface area contributed by atoms with Gasteiger partial charge in [0.2, 0.25) is 0 Å². The first-order valence-corrected chi connectivity index (χ1v) is 9.34. The number of carbonyl (C=O) groups is 2. The Hall–Kier alpha value is -2.66. The largest absolute Gasteiger partial charge is 0.366 e. The number of likely N-dealkylation sites (tertiary alicyclic amines) is 1. The van der Waals surface area contributed by atoms with Crippen molar-refractivity contribution in [2.24, 2.45) is 0 Å². The Morgan fingerprint density at radius 2 is 1.52 bits per heavy atom. The van der Waals surface area contributed by atoms with E-state index in [1.54, 1.807) is 24.3 Å². The van der Waals surface area contributed by atoms with Crippen molar-refractivity contribution >= 4 is 34.7 Å². The van der Waals surface area contributed by atoms with Gasteiger partial charge in [0, 0.05) is 13.1 Å². The van der Waals surface area contributed by atoms with Crippen LogP contribution in [0.5, 0.6) is 0 Å². The Kier molecular flexibility index (Phi) is 4.70. The molecule has 0 atom stereocenters. The minimum Gasteiger partial charge on any atom is -0.366 e. The Bertz CT molecular complexity index is 933. The molecule has 2 aromatic carbocycles. The van der Waals surface area contributed by atoms with Gasteiger partial charge in [-0.05, 0) is 49.1 Å². The van der Waals surface area contributed by atoms with E-state index in [0.29, 0.717) is 27.5 Å². The molecule has 1 saturated heterocycles. The second kappa shape index (κ2) is 7.16. The summed E-state index contributed by atoms with van der Waals surface area (Å²) in [5.74, 6) is -1.20. The van der Waals surface area contributed by atoms with Gasteiger partial charge >= 0.3 is 0 Å². The van der Waals surface area contributed by atoms with Gasteiger partial charge in [0.05, 0.1) is 16.3 Å². The average Bonchev–Trinajstić information content (AvgIpc) is 2.94. The summed E-state index contributed by atoms with van der Waals surface area (Å²) in [5, 5.41) is 0.331. The number of hydrogen-bond donors (Lipinski definition) is 0. The van der Waals surface area contributed by atoms with Crippen LogP contribution < -0.4 is 4.90 Å².